The van der Waals surface area contributed by atoms with Crippen molar-refractivity contribution < 1.29 is 9.53 Å². The van der Waals surface area contributed by atoms with Crippen LogP contribution in [0.3, 0.4) is 0 Å². The predicted octanol–water partition coefficient (Wildman–Crippen LogP) is 3.97. The summed E-state index contributed by atoms with van der Waals surface area (Å²) in [6.45, 7) is 1.93. The van der Waals surface area contributed by atoms with Crippen LogP contribution >= 0.6 is 0 Å². The van der Waals surface area contributed by atoms with Gasteiger partial charge in [-0.25, -0.2) is 0 Å². The van der Waals surface area contributed by atoms with E-state index in [4.69, 9.17) is 10.5 Å². The zero-order valence-electron chi connectivity index (χ0n) is 18.0. The molecule has 2 aromatic carbocycles. The van der Waals surface area contributed by atoms with Crippen LogP contribution in [0.1, 0.15) is 39.9 Å². The summed E-state index contributed by atoms with van der Waals surface area (Å²) in [5, 5.41) is 4.32. The van der Waals surface area contributed by atoms with E-state index in [2.05, 4.69) is 21.4 Å². The maximum absolute atomic E-state index is 13.2. The lowest BCUT2D eigenvalue weighted by molar-refractivity contribution is 0.0930. The van der Waals surface area contributed by atoms with E-state index in [0.29, 0.717) is 11.3 Å². The molecule has 0 spiro atoms. The molecular formula is C25H26N4O2. The molecule has 0 saturated heterocycles. The Hall–Kier alpha value is -3.67. The van der Waals surface area contributed by atoms with E-state index in [1.807, 2.05) is 37.3 Å². The first-order chi connectivity index (χ1) is 15.0. The molecule has 3 N–H and O–H groups in total. The lowest BCUT2D eigenvalue weighted by Crippen LogP contribution is -2.35. The van der Waals surface area contributed by atoms with Gasteiger partial charge >= 0.3 is 0 Å². The van der Waals surface area contributed by atoms with Gasteiger partial charge in [0.1, 0.15) is 5.75 Å². The summed E-state index contributed by atoms with van der Waals surface area (Å²) in [5.41, 5.74) is 10.6. The van der Waals surface area contributed by atoms with Gasteiger partial charge in [-0.05, 0) is 66.8 Å². The van der Waals surface area contributed by atoms with Crippen LogP contribution < -0.4 is 15.8 Å². The quantitative estimate of drug-likeness (QED) is 0.597. The van der Waals surface area contributed by atoms with Crippen molar-refractivity contribution in [2.45, 2.75) is 25.3 Å². The molecule has 6 heteroatoms. The number of amides is 1. The highest BCUT2D eigenvalue weighted by molar-refractivity contribution is 6.10. The average Bonchev–Trinajstić information content (AvgIpc) is 3.57. The van der Waals surface area contributed by atoms with E-state index in [1.54, 1.807) is 38.8 Å². The largest absolute Gasteiger partial charge is 0.497 e. The Morgan fingerprint density at radius 3 is 2.74 bits per heavy atom. The van der Waals surface area contributed by atoms with Crippen LogP contribution in [0.2, 0.25) is 0 Å². The number of aryl methyl sites for hydroxylation is 1. The molecule has 158 valence electrons. The van der Waals surface area contributed by atoms with Crippen molar-refractivity contribution >= 4 is 28.6 Å². The third-order valence-electron chi connectivity index (χ3n) is 5.81. The number of aromatic nitrogens is 1. The number of carbonyl (C=O) groups excluding carboxylic acids is 1. The second-order valence-corrected chi connectivity index (χ2v) is 7.82. The summed E-state index contributed by atoms with van der Waals surface area (Å²) in [5.74, 6) is 0.551. The number of hydrogen-bond donors (Lipinski definition) is 2. The van der Waals surface area contributed by atoms with Crippen molar-refractivity contribution in [1.29, 1.82) is 0 Å². The number of rotatable bonds is 6. The van der Waals surface area contributed by atoms with Gasteiger partial charge in [0.05, 0.1) is 18.2 Å². The minimum atomic E-state index is -0.438. The number of fused-ring (bicyclic) bond motifs is 1. The van der Waals surface area contributed by atoms with Crippen molar-refractivity contribution in [1.82, 2.24) is 10.3 Å². The molecule has 0 atom stereocenters. The minimum absolute atomic E-state index is 0.110. The molecular weight excluding hydrogens is 388 g/mol. The number of nitrogens with zero attached hydrogens (tertiary/aromatic N) is 2. The molecule has 0 unspecified atom stereocenters. The van der Waals surface area contributed by atoms with E-state index >= 15 is 0 Å². The van der Waals surface area contributed by atoms with Crippen molar-refractivity contribution in [3.63, 3.8) is 0 Å². The van der Waals surface area contributed by atoms with Crippen LogP contribution in [-0.4, -0.2) is 31.3 Å². The van der Waals surface area contributed by atoms with E-state index in [9.17, 15) is 4.79 Å². The molecule has 0 bridgehead atoms. The number of aliphatic imine (C=N–C) groups is 1. The Morgan fingerprint density at radius 1 is 1.26 bits per heavy atom. The van der Waals surface area contributed by atoms with E-state index in [1.165, 1.54) is 0 Å². The fourth-order valence-corrected chi connectivity index (χ4v) is 3.94. The third kappa shape index (κ3) is 3.89. The molecule has 31 heavy (non-hydrogen) atoms. The summed E-state index contributed by atoms with van der Waals surface area (Å²) in [7, 11) is 3.31. The van der Waals surface area contributed by atoms with Gasteiger partial charge in [-0.15, -0.1) is 0 Å². The summed E-state index contributed by atoms with van der Waals surface area (Å²) >= 11 is 0. The number of methoxy groups -OCH3 is 1. The molecule has 1 heterocycles. The van der Waals surface area contributed by atoms with Gasteiger partial charge < -0.3 is 15.8 Å². The highest BCUT2D eigenvalue weighted by Crippen LogP contribution is 2.48. The van der Waals surface area contributed by atoms with Gasteiger partial charge in [-0.2, -0.15) is 0 Å². The molecule has 1 aromatic heterocycles. The Labute approximate surface area is 181 Å². The molecule has 0 aliphatic heterocycles. The van der Waals surface area contributed by atoms with Crippen molar-refractivity contribution in [2.75, 3.05) is 14.2 Å². The number of pyridine rings is 1. The van der Waals surface area contributed by atoms with Gasteiger partial charge in [-0.1, -0.05) is 12.1 Å². The smallest absolute Gasteiger partial charge is 0.252 e. The summed E-state index contributed by atoms with van der Waals surface area (Å²) < 4.78 is 5.31. The standard InChI is InChI=1S/C25H26N4O2/c1-16-6-7-19(31-3)13-21(16)24(30)29-25(8-9-25)22-11-17(18(14-26)15-27-2)12-23-20(22)5-4-10-28-23/h4-7,10-15H,8-9,26H2,1-3H3,(H,29,30). The molecule has 6 nitrogen and oxygen atoms in total. The van der Waals surface area contributed by atoms with Gasteiger partial charge in [0.25, 0.3) is 5.91 Å². The molecule has 1 aliphatic carbocycles. The topological polar surface area (TPSA) is 89.6 Å². The number of allylic oxidation sites excluding steroid dienone is 1. The van der Waals surface area contributed by atoms with Gasteiger partial charge in [0.15, 0.2) is 0 Å². The maximum Gasteiger partial charge on any atom is 0.252 e. The first-order valence-corrected chi connectivity index (χ1v) is 10.2. The summed E-state index contributed by atoms with van der Waals surface area (Å²) in [6, 6.07) is 13.6. The first kappa shape index (κ1) is 20.6. The normalized spacial score (nSPS) is 15.3. The van der Waals surface area contributed by atoms with E-state index in [-0.39, 0.29) is 5.91 Å². The Morgan fingerprint density at radius 2 is 2.06 bits per heavy atom. The number of hydrogen-bond acceptors (Lipinski definition) is 5. The number of ether oxygens (including phenoxy) is 1. The van der Waals surface area contributed by atoms with Gasteiger partial charge in [0, 0.05) is 42.2 Å². The van der Waals surface area contributed by atoms with Crippen LogP contribution in [0.4, 0.5) is 0 Å². The van der Waals surface area contributed by atoms with Gasteiger partial charge in [-0.3, -0.25) is 14.8 Å². The van der Waals surface area contributed by atoms with Crippen molar-refractivity contribution in [3.05, 3.63) is 77.1 Å². The van der Waals surface area contributed by atoms with Crippen LogP contribution in [0.25, 0.3) is 16.5 Å². The lowest BCUT2D eigenvalue weighted by Gasteiger charge is -2.22. The number of benzene rings is 2. The predicted molar refractivity (Wildman–Crippen MR) is 124 cm³/mol. The molecule has 4 rings (SSSR count). The van der Waals surface area contributed by atoms with Crippen LogP contribution in [-0.2, 0) is 5.54 Å². The lowest BCUT2D eigenvalue weighted by atomic mass is 9.93. The second-order valence-electron chi connectivity index (χ2n) is 7.82. The van der Waals surface area contributed by atoms with Crippen LogP contribution in [0.5, 0.6) is 5.75 Å². The van der Waals surface area contributed by atoms with Gasteiger partial charge in [0.2, 0.25) is 0 Å². The van der Waals surface area contributed by atoms with Crippen molar-refractivity contribution in [3.8, 4) is 5.75 Å². The first-order valence-electron chi connectivity index (χ1n) is 10.2. The zero-order chi connectivity index (χ0) is 22.0. The van der Waals surface area contributed by atoms with E-state index in [0.717, 1.165) is 46.0 Å². The molecule has 1 saturated carbocycles. The third-order valence-corrected chi connectivity index (χ3v) is 5.81. The molecule has 1 amide bonds. The maximum atomic E-state index is 13.2. The van der Waals surface area contributed by atoms with Crippen LogP contribution in [0, 0.1) is 6.92 Å². The summed E-state index contributed by atoms with van der Waals surface area (Å²) in [4.78, 5) is 21.9. The molecule has 1 fully saturated rings. The Balaban J connectivity index is 1.78. The Bertz CT molecular complexity index is 1210. The van der Waals surface area contributed by atoms with Crippen LogP contribution in [0.15, 0.2) is 59.9 Å². The Kier molecular flexibility index (Phi) is 5.46. The fourth-order valence-electron chi connectivity index (χ4n) is 3.94. The number of nitrogens with two attached hydrogens (primary N) is 1. The monoisotopic (exact) mass is 414 g/mol. The van der Waals surface area contributed by atoms with E-state index < -0.39 is 5.54 Å². The SMILES string of the molecule is CN=CC(=CN)c1cc(C2(NC(=O)c3cc(OC)ccc3C)CC2)c2cccnc2c1. The molecule has 3 aromatic rings. The molecule has 0 radical (unpaired) electrons. The highest BCUT2D eigenvalue weighted by atomic mass is 16.5. The fraction of sp³-hybridized carbons (Fsp3) is 0.240. The second kappa shape index (κ2) is 8.22. The highest BCUT2D eigenvalue weighted by Gasteiger charge is 2.47. The number of carbonyl (C=O) groups is 1. The molecule has 1 aliphatic rings. The zero-order valence-corrected chi connectivity index (χ0v) is 18.0. The summed E-state index contributed by atoms with van der Waals surface area (Å²) in [6.07, 6.45) is 6.76. The minimum Gasteiger partial charge on any atom is -0.497 e. The number of nitrogens with one attached hydrogen (secondary N) is 1. The van der Waals surface area contributed by atoms with Crippen molar-refractivity contribution in [2.24, 2.45) is 10.7 Å². The average molecular weight is 415 g/mol.